The van der Waals surface area contributed by atoms with Crippen LogP contribution in [0.25, 0.3) is 5.52 Å². The number of nitrogens with zero attached hydrogens (tertiary/aromatic N) is 2. The summed E-state index contributed by atoms with van der Waals surface area (Å²) in [5, 5.41) is 6.79. The highest BCUT2D eigenvalue weighted by Gasteiger charge is 2.24. The lowest BCUT2D eigenvalue weighted by atomic mass is 10.1. The number of fused-ring (bicyclic) bond motifs is 1. The summed E-state index contributed by atoms with van der Waals surface area (Å²) in [7, 11) is 1.29. The molecule has 0 radical (unpaired) electrons. The SMILES string of the molecule is COC(=O)[C@@H](NC(=O)c1ccn2nccc2c1)c1ccccc1. The zero-order valence-electron chi connectivity index (χ0n) is 12.5. The molecule has 0 fully saturated rings. The van der Waals surface area contributed by atoms with Gasteiger partial charge in [-0.25, -0.2) is 9.31 Å². The Bertz CT molecular complexity index is 842. The zero-order valence-corrected chi connectivity index (χ0v) is 12.5. The fourth-order valence-corrected chi connectivity index (χ4v) is 2.32. The van der Waals surface area contributed by atoms with Crippen LogP contribution < -0.4 is 5.32 Å². The molecule has 2 aromatic heterocycles. The number of hydrogen-bond donors (Lipinski definition) is 1. The van der Waals surface area contributed by atoms with Gasteiger partial charge in [0, 0.05) is 18.0 Å². The Labute approximate surface area is 132 Å². The lowest BCUT2D eigenvalue weighted by molar-refractivity contribution is -0.143. The van der Waals surface area contributed by atoms with E-state index in [1.807, 2.05) is 6.07 Å². The van der Waals surface area contributed by atoms with Crippen molar-refractivity contribution >= 4 is 17.4 Å². The van der Waals surface area contributed by atoms with E-state index in [0.29, 0.717) is 11.1 Å². The van der Waals surface area contributed by atoms with Crippen LogP contribution in [-0.2, 0) is 9.53 Å². The summed E-state index contributed by atoms with van der Waals surface area (Å²) in [5.41, 5.74) is 1.91. The van der Waals surface area contributed by atoms with Crippen LogP contribution in [0, 0.1) is 0 Å². The van der Waals surface area contributed by atoms with E-state index in [1.165, 1.54) is 7.11 Å². The molecule has 23 heavy (non-hydrogen) atoms. The van der Waals surface area contributed by atoms with Gasteiger partial charge in [-0.2, -0.15) is 5.10 Å². The molecule has 1 aromatic carbocycles. The fraction of sp³-hybridized carbons (Fsp3) is 0.118. The van der Waals surface area contributed by atoms with Crippen LogP contribution in [0.2, 0.25) is 0 Å². The van der Waals surface area contributed by atoms with Crippen LogP contribution in [-0.4, -0.2) is 28.6 Å². The third kappa shape index (κ3) is 3.06. The standard InChI is InChI=1S/C17H15N3O3/c1-23-17(22)15(12-5-3-2-4-6-12)19-16(21)13-8-10-20-14(11-13)7-9-18-20/h2-11,15H,1H3,(H,19,21)/t15-/m0/s1. The molecule has 2 heterocycles. The highest BCUT2D eigenvalue weighted by molar-refractivity contribution is 5.97. The number of carbonyl (C=O) groups excluding carboxylic acids is 2. The van der Waals surface area contributed by atoms with Gasteiger partial charge in [-0.3, -0.25) is 4.79 Å². The van der Waals surface area contributed by atoms with E-state index in [-0.39, 0.29) is 5.91 Å². The first-order valence-corrected chi connectivity index (χ1v) is 7.06. The Kier molecular flexibility index (Phi) is 4.05. The van der Waals surface area contributed by atoms with Crippen LogP contribution in [0.1, 0.15) is 22.0 Å². The molecule has 6 heteroatoms. The minimum atomic E-state index is -0.852. The lowest BCUT2D eigenvalue weighted by Crippen LogP contribution is -2.34. The fourth-order valence-electron chi connectivity index (χ4n) is 2.32. The Morgan fingerprint density at radius 2 is 1.96 bits per heavy atom. The van der Waals surface area contributed by atoms with Crippen molar-refractivity contribution in [2.24, 2.45) is 0 Å². The van der Waals surface area contributed by atoms with Gasteiger partial charge in [-0.1, -0.05) is 30.3 Å². The topological polar surface area (TPSA) is 72.7 Å². The van der Waals surface area contributed by atoms with Crippen molar-refractivity contribution in [1.82, 2.24) is 14.9 Å². The minimum absolute atomic E-state index is 0.354. The van der Waals surface area contributed by atoms with Crippen molar-refractivity contribution in [2.45, 2.75) is 6.04 Å². The number of methoxy groups -OCH3 is 1. The predicted molar refractivity (Wildman–Crippen MR) is 83.9 cm³/mol. The molecule has 0 aliphatic carbocycles. The number of aromatic nitrogens is 2. The Morgan fingerprint density at radius 1 is 1.17 bits per heavy atom. The maximum Gasteiger partial charge on any atom is 0.333 e. The summed E-state index contributed by atoms with van der Waals surface area (Å²) >= 11 is 0. The summed E-state index contributed by atoms with van der Waals surface area (Å²) in [6, 6.07) is 13.3. The molecule has 3 aromatic rings. The summed E-state index contributed by atoms with van der Waals surface area (Å²) in [6.07, 6.45) is 3.35. The summed E-state index contributed by atoms with van der Waals surface area (Å²) < 4.78 is 6.45. The Balaban J connectivity index is 1.87. The second-order valence-electron chi connectivity index (χ2n) is 4.96. The molecule has 1 N–H and O–H groups in total. The van der Waals surface area contributed by atoms with Crippen molar-refractivity contribution in [1.29, 1.82) is 0 Å². The largest absolute Gasteiger partial charge is 0.467 e. The first kappa shape index (κ1) is 14.8. The minimum Gasteiger partial charge on any atom is -0.467 e. The molecule has 0 aliphatic heterocycles. The van der Waals surface area contributed by atoms with Crippen molar-refractivity contribution in [3.8, 4) is 0 Å². The van der Waals surface area contributed by atoms with E-state index in [4.69, 9.17) is 4.74 Å². The third-order valence-electron chi connectivity index (χ3n) is 3.51. The van der Waals surface area contributed by atoms with Crippen molar-refractivity contribution in [3.63, 3.8) is 0 Å². The van der Waals surface area contributed by atoms with Gasteiger partial charge in [0.05, 0.1) is 12.6 Å². The molecule has 0 saturated heterocycles. The van der Waals surface area contributed by atoms with Crippen molar-refractivity contribution < 1.29 is 14.3 Å². The molecule has 6 nitrogen and oxygen atoms in total. The summed E-state index contributed by atoms with van der Waals surface area (Å²) in [6.45, 7) is 0. The number of hydrogen-bond acceptors (Lipinski definition) is 4. The van der Waals surface area contributed by atoms with Gasteiger partial charge in [0.1, 0.15) is 0 Å². The predicted octanol–water partition coefficient (Wildman–Crippen LogP) is 1.98. The van der Waals surface area contributed by atoms with E-state index < -0.39 is 12.0 Å². The molecule has 0 aliphatic rings. The number of amides is 1. The van der Waals surface area contributed by atoms with Gasteiger partial charge < -0.3 is 10.1 Å². The molecule has 0 unspecified atom stereocenters. The average Bonchev–Trinajstić information content (AvgIpc) is 3.07. The van der Waals surface area contributed by atoms with Crippen LogP contribution in [0.15, 0.2) is 60.9 Å². The van der Waals surface area contributed by atoms with Gasteiger partial charge in [0.25, 0.3) is 5.91 Å². The second-order valence-corrected chi connectivity index (χ2v) is 4.96. The normalized spacial score (nSPS) is 11.9. The van der Waals surface area contributed by atoms with Crippen LogP contribution >= 0.6 is 0 Å². The maximum absolute atomic E-state index is 12.5. The smallest absolute Gasteiger partial charge is 0.333 e. The number of rotatable bonds is 4. The highest BCUT2D eigenvalue weighted by Crippen LogP contribution is 2.15. The van der Waals surface area contributed by atoms with Gasteiger partial charge >= 0.3 is 5.97 Å². The first-order valence-electron chi connectivity index (χ1n) is 7.06. The molecule has 0 bridgehead atoms. The third-order valence-corrected chi connectivity index (χ3v) is 3.51. The van der Waals surface area contributed by atoms with E-state index in [0.717, 1.165) is 5.52 Å². The van der Waals surface area contributed by atoms with Gasteiger partial charge in [0.2, 0.25) is 0 Å². The number of ether oxygens (including phenoxy) is 1. The Morgan fingerprint density at radius 3 is 2.70 bits per heavy atom. The maximum atomic E-state index is 12.5. The lowest BCUT2D eigenvalue weighted by Gasteiger charge is -2.17. The molecule has 116 valence electrons. The van der Waals surface area contributed by atoms with E-state index in [1.54, 1.807) is 59.4 Å². The monoisotopic (exact) mass is 309 g/mol. The number of esters is 1. The van der Waals surface area contributed by atoms with Crippen LogP contribution in [0.5, 0.6) is 0 Å². The van der Waals surface area contributed by atoms with Gasteiger partial charge in [0.15, 0.2) is 6.04 Å². The number of benzene rings is 1. The van der Waals surface area contributed by atoms with E-state index in [9.17, 15) is 9.59 Å². The van der Waals surface area contributed by atoms with Crippen molar-refractivity contribution in [3.05, 3.63) is 72.1 Å². The summed E-state index contributed by atoms with van der Waals surface area (Å²) in [5.74, 6) is -0.872. The number of pyridine rings is 1. The van der Waals surface area contributed by atoms with E-state index >= 15 is 0 Å². The average molecular weight is 309 g/mol. The second kappa shape index (κ2) is 6.31. The van der Waals surface area contributed by atoms with Gasteiger partial charge in [-0.15, -0.1) is 0 Å². The quantitative estimate of drug-likeness (QED) is 0.748. The molecule has 0 spiro atoms. The Hall–Kier alpha value is -3.15. The first-order chi connectivity index (χ1) is 11.2. The number of nitrogens with one attached hydrogen (secondary N) is 1. The molecule has 1 amide bonds. The molecule has 1 atom stereocenters. The number of carbonyl (C=O) groups is 2. The molecule has 3 rings (SSSR count). The van der Waals surface area contributed by atoms with Gasteiger partial charge in [-0.05, 0) is 23.8 Å². The molecule has 0 saturated carbocycles. The van der Waals surface area contributed by atoms with Crippen LogP contribution in [0.4, 0.5) is 0 Å². The summed E-state index contributed by atoms with van der Waals surface area (Å²) in [4.78, 5) is 24.5. The molecular formula is C17H15N3O3. The van der Waals surface area contributed by atoms with E-state index in [2.05, 4.69) is 10.4 Å². The van der Waals surface area contributed by atoms with Crippen molar-refractivity contribution in [2.75, 3.05) is 7.11 Å². The molecular weight excluding hydrogens is 294 g/mol. The highest BCUT2D eigenvalue weighted by atomic mass is 16.5. The van der Waals surface area contributed by atoms with Crippen LogP contribution in [0.3, 0.4) is 0 Å². The zero-order chi connectivity index (χ0) is 16.2.